The van der Waals surface area contributed by atoms with Crippen molar-refractivity contribution in [2.75, 3.05) is 11.1 Å². The van der Waals surface area contributed by atoms with E-state index in [9.17, 15) is 10.1 Å². The first-order chi connectivity index (χ1) is 12.1. The highest BCUT2D eigenvalue weighted by Crippen LogP contribution is 2.22. The van der Waals surface area contributed by atoms with Crippen LogP contribution in [0.2, 0.25) is 0 Å². The molecule has 1 N–H and O–H groups in total. The molecule has 0 atom stereocenters. The number of carbonyl (C=O) groups excluding carboxylic acids is 1. The summed E-state index contributed by atoms with van der Waals surface area (Å²) in [5.74, 6) is 1.04. The maximum Gasteiger partial charge on any atom is 0.226 e. The van der Waals surface area contributed by atoms with E-state index in [0.29, 0.717) is 28.6 Å². The molecule has 5 nitrogen and oxygen atoms in total. The summed E-state index contributed by atoms with van der Waals surface area (Å²) in [5, 5.41) is 12.7. The maximum atomic E-state index is 12.0. The Morgan fingerprint density at radius 3 is 2.92 bits per heavy atom. The normalized spacial score (nSPS) is 10.3. The van der Waals surface area contributed by atoms with E-state index >= 15 is 0 Å². The van der Waals surface area contributed by atoms with Crippen LogP contribution in [0, 0.1) is 18.3 Å². The molecule has 0 saturated heterocycles. The number of amides is 1. The van der Waals surface area contributed by atoms with E-state index in [-0.39, 0.29) is 5.91 Å². The number of unbranched alkanes of at least 4 members (excludes halogenated alkanes) is 1. The third-order valence-electron chi connectivity index (χ3n) is 3.58. The lowest BCUT2D eigenvalue weighted by Gasteiger charge is -2.07. The molecule has 0 spiro atoms. The number of aryl methyl sites for hydroxylation is 2. The van der Waals surface area contributed by atoms with E-state index < -0.39 is 0 Å². The third kappa shape index (κ3) is 6.20. The molecule has 2 heterocycles. The fraction of sp³-hybridized carbons (Fsp3) is 0.368. The molecule has 0 radical (unpaired) electrons. The van der Waals surface area contributed by atoms with Gasteiger partial charge in [-0.05, 0) is 49.6 Å². The summed E-state index contributed by atoms with van der Waals surface area (Å²) in [4.78, 5) is 20.7. The molecule has 2 aromatic heterocycles. The number of nitrogens with zero attached hydrogens (tertiary/aromatic N) is 3. The number of aromatic nitrogens is 2. The highest BCUT2D eigenvalue weighted by molar-refractivity contribution is 7.99. The van der Waals surface area contributed by atoms with Gasteiger partial charge in [-0.1, -0.05) is 13.3 Å². The summed E-state index contributed by atoms with van der Waals surface area (Å²) in [5.41, 5.74) is 2.61. The molecule has 0 aliphatic carbocycles. The van der Waals surface area contributed by atoms with Gasteiger partial charge in [0, 0.05) is 24.1 Å². The first kappa shape index (κ1) is 18.9. The maximum absolute atomic E-state index is 12.0. The zero-order chi connectivity index (χ0) is 18.1. The van der Waals surface area contributed by atoms with Gasteiger partial charge in [-0.15, -0.1) is 11.8 Å². The number of pyridine rings is 2. The highest BCUT2D eigenvalue weighted by Gasteiger charge is 2.09. The Bertz CT molecular complexity index is 770. The molecule has 0 saturated carbocycles. The molecule has 0 aliphatic heterocycles. The van der Waals surface area contributed by atoms with Crippen LogP contribution in [0.3, 0.4) is 0 Å². The lowest BCUT2D eigenvalue weighted by Crippen LogP contribution is -2.13. The molecule has 2 aromatic rings. The zero-order valence-electron chi connectivity index (χ0n) is 14.6. The first-order valence-corrected chi connectivity index (χ1v) is 9.36. The molecule has 0 unspecified atom stereocenters. The molecule has 2 rings (SSSR count). The van der Waals surface area contributed by atoms with Gasteiger partial charge in [-0.3, -0.25) is 4.79 Å². The van der Waals surface area contributed by atoms with E-state index in [1.165, 1.54) is 11.8 Å². The van der Waals surface area contributed by atoms with Crippen molar-refractivity contribution in [2.45, 2.75) is 44.6 Å². The molecule has 130 valence electrons. The quantitative estimate of drug-likeness (QED) is 0.721. The third-order valence-corrected chi connectivity index (χ3v) is 4.57. The minimum atomic E-state index is -0.0914. The molecule has 0 aromatic carbocycles. The SMILES string of the molecule is CCCCc1ccc(C#N)c(SCCC(=O)Nc2cc(C)ccn2)n1. The van der Waals surface area contributed by atoms with Crippen molar-refractivity contribution in [3.63, 3.8) is 0 Å². The Hall–Kier alpha value is -2.39. The average Bonchev–Trinajstić information content (AvgIpc) is 2.60. The van der Waals surface area contributed by atoms with E-state index in [0.717, 1.165) is 30.5 Å². The Labute approximate surface area is 152 Å². The standard InChI is InChI=1S/C19H22N4OS/c1-3-4-5-16-7-6-15(13-20)19(22-16)25-11-9-18(24)23-17-12-14(2)8-10-21-17/h6-8,10,12H,3-5,9,11H2,1-2H3,(H,21,23,24). The van der Waals surface area contributed by atoms with Crippen molar-refractivity contribution >= 4 is 23.5 Å². The predicted molar refractivity (Wildman–Crippen MR) is 101 cm³/mol. The number of nitrogens with one attached hydrogen (secondary N) is 1. The van der Waals surface area contributed by atoms with E-state index in [1.807, 2.05) is 31.2 Å². The first-order valence-electron chi connectivity index (χ1n) is 8.37. The van der Waals surface area contributed by atoms with Gasteiger partial charge in [0.15, 0.2) is 0 Å². The lowest BCUT2D eigenvalue weighted by atomic mass is 10.2. The van der Waals surface area contributed by atoms with Crippen LogP contribution < -0.4 is 5.32 Å². The van der Waals surface area contributed by atoms with Gasteiger partial charge in [0.1, 0.15) is 16.9 Å². The van der Waals surface area contributed by atoms with Gasteiger partial charge in [0.25, 0.3) is 0 Å². The van der Waals surface area contributed by atoms with Crippen LogP contribution in [0.25, 0.3) is 0 Å². The number of nitriles is 1. The highest BCUT2D eigenvalue weighted by atomic mass is 32.2. The number of thioether (sulfide) groups is 1. The van der Waals surface area contributed by atoms with Crippen LogP contribution in [-0.2, 0) is 11.2 Å². The zero-order valence-corrected chi connectivity index (χ0v) is 15.4. The van der Waals surface area contributed by atoms with Crippen LogP contribution in [0.4, 0.5) is 5.82 Å². The fourth-order valence-electron chi connectivity index (χ4n) is 2.22. The van der Waals surface area contributed by atoms with Crippen LogP contribution in [0.5, 0.6) is 0 Å². The number of anilines is 1. The van der Waals surface area contributed by atoms with Crippen LogP contribution >= 0.6 is 11.8 Å². The number of rotatable bonds is 8. The Morgan fingerprint density at radius 2 is 2.20 bits per heavy atom. The van der Waals surface area contributed by atoms with Crippen LogP contribution in [0.1, 0.15) is 43.0 Å². The van der Waals surface area contributed by atoms with Gasteiger partial charge in [0.2, 0.25) is 5.91 Å². The Kier molecular flexibility index (Phi) is 7.42. The van der Waals surface area contributed by atoms with E-state index in [4.69, 9.17) is 0 Å². The van der Waals surface area contributed by atoms with Crippen LogP contribution in [-0.4, -0.2) is 21.6 Å². The predicted octanol–water partition coefficient (Wildman–Crippen LogP) is 4.12. The van der Waals surface area contributed by atoms with Crippen molar-refractivity contribution < 1.29 is 4.79 Å². The Morgan fingerprint density at radius 1 is 1.36 bits per heavy atom. The van der Waals surface area contributed by atoms with Gasteiger partial charge >= 0.3 is 0 Å². The molecule has 6 heteroatoms. The largest absolute Gasteiger partial charge is 0.311 e. The second-order valence-electron chi connectivity index (χ2n) is 5.74. The van der Waals surface area contributed by atoms with Gasteiger partial charge in [-0.25, -0.2) is 9.97 Å². The molecule has 0 aliphatic rings. The summed E-state index contributed by atoms with van der Waals surface area (Å²) in [6, 6.07) is 9.61. The summed E-state index contributed by atoms with van der Waals surface area (Å²) < 4.78 is 0. The van der Waals surface area contributed by atoms with Gasteiger partial charge < -0.3 is 5.32 Å². The summed E-state index contributed by atoms with van der Waals surface area (Å²) >= 11 is 1.45. The van der Waals surface area contributed by atoms with Crippen molar-refractivity contribution in [3.8, 4) is 6.07 Å². The molecule has 1 amide bonds. The number of hydrogen-bond donors (Lipinski definition) is 1. The summed E-state index contributed by atoms with van der Waals surface area (Å²) in [6.07, 6.45) is 5.11. The van der Waals surface area contributed by atoms with Crippen molar-refractivity contribution in [1.82, 2.24) is 9.97 Å². The molecular formula is C19H22N4OS. The van der Waals surface area contributed by atoms with Gasteiger partial charge in [0.05, 0.1) is 5.56 Å². The van der Waals surface area contributed by atoms with E-state index in [1.54, 1.807) is 6.20 Å². The topological polar surface area (TPSA) is 78.7 Å². The fourth-order valence-corrected chi connectivity index (χ4v) is 3.15. The monoisotopic (exact) mass is 354 g/mol. The lowest BCUT2D eigenvalue weighted by molar-refractivity contribution is -0.115. The van der Waals surface area contributed by atoms with Gasteiger partial charge in [-0.2, -0.15) is 5.26 Å². The van der Waals surface area contributed by atoms with Crippen molar-refractivity contribution in [1.29, 1.82) is 5.26 Å². The van der Waals surface area contributed by atoms with E-state index in [2.05, 4.69) is 28.3 Å². The van der Waals surface area contributed by atoms with Crippen molar-refractivity contribution in [2.24, 2.45) is 0 Å². The minimum absolute atomic E-state index is 0.0914. The molecule has 0 bridgehead atoms. The van der Waals surface area contributed by atoms with Crippen LogP contribution in [0.15, 0.2) is 35.5 Å². The smallest absolute Gasteiger partial charge is 0.226 e. The minimum Gasteiger partial charge on any atom is -0.311 e. The molecule has 0 fully saturated rings. The second kappa shape index (κ2) is 9.80. The average molecular weight is 354 g/mol. The van der Waals surface area contributed by atoms with Crippen molar-refractivity contribution in [3.05, 3.63) is 47.3 Å². The second-order valence-corrected chi connectivity index (χ2v) is 6.82. The number of carbonyl (C=O) groups is 1. The summed E-state index contributed by atoms with van der Waals surface area (Å²) in [6.45, 7) is 4.09. The molecular weight excluding hydrogens is 332 g/mol. The number of hydrogen-bond acceptors (Lipinski definition) is 5. The molecule has 25 heavy (non-hydrogen) atoms. The Balaban J connectivity index is 1.89. The summed E-state index contributed by atoms with van der Waals surface area (Å²) in [7, 11) is 0.